The Bertz CT molecular complexity index is 1240. The number of ether oxygens (including phenoxy) is 2. The van der Waals surface area contributed by atoms with E-state index in [0.29, 0.717) is 0 Å². The third-order valence-corrected chi connectivity index (χ3v) is 7.52. The minimum Gasteiger partial charge on any atom is -0.497 e. The molecule has 0 spiro atoms. The normalized spacial score (nSPS) is 14.6. The lowest BCUT2D eigenvalue weighted by atomic mass is 10.1. The van der Waals surface area contributed by atoms with Crippen molar-refractivity contribution in [3.63, 3.8) is 0 Å². The lowest BCUT2D eigenvalue weighted by Crippen LogP contribution is -2.48. The van der Waals surface area contributed by atoms with Crippen LogP contribution >= 0.6 is 0 Å². The number of aryl methyl sites for hydroxylation is 1. The van der Waals surface area contributed by atoms with Crippen LogP contribution in [0.1, 0.15) is 23.2 Å². The molecule has 1 aliphatic heterocycles. The molecule has 1 aromatic heterocycles. The van der Waals surface area contributed by atoms with Crippen LogP contribution in [0.3, 0.4) is 0 Å². The number of amides is 1. The molecule has 204 valence electrons. The van der Waals surface area contributed by atoms with Gasteiger partial charge < -0.3 is 23.8 Å². The Morgan fingerprint density at radius 1 is 0.947 bits per heavy atom. The van der Waals surface area contributed by atoms with Gasteiger partial charge in [0, 0.05) is 67.5 Å². The van der Waals surface area contributed by atoms with Gasteiger partial charge in [0.25, 0.3) is 0 Å². The van der Waals surface area contributed by atoms with Gasteiger partial charge in [0.05, 0.1) is 14.2 Å². The second-order valence-corrected chi connectivity index (χ2v) is 10.3. The third-order valence-electron chi connectivity index (χ3n) is 7.52. The molecule has 7 heteroatoms. The van der Waals surface area contributed by atoms with E-state index < -0.39 is 0 Å². The molecule has 3 aromatic rings. The van der Waals surface area contributed by atoms with E-state index in [9.17, 15) is 4.79 Å². The zero-order valence-corrected chi connectivity index (χ0v) is 23.6. The van der Waals surface area contributed by atoms with Crippen molar-refractivity contribution in [1.29, 1.82) is 0 Å². The summed E-state index contributed by atoms with van der Waals surface area (Å²) in [5.41, 5.74) is 4.76. The molecule has 0 N–H and O–H groups in total. The number of nitrogens with zero attached hydrogens (tertiary/aromatic N) is 4. The largest absolute Gasteiger partial charge is 0.497 e. The maximum Gasteiger partial charge on any atom is 0.246 e. The van der Waals surface area contributed by atoms with Crippen LogP contribution in [0.4, 0.5) is 0 Å². The van der Waals surface area contributed by atoms with Crippen molar-refractivity contribution < 1.29 is 14.3 Å². The van der Waals surface area contributed by atoms with Crippen LogP contribution in [0.15, 0.2) is 48.5 Å². The molecule has 0 unspecified atom stereocenters. The van der Waals surface area contributed by atoms with Crippen molar-refractivity contribution in [2.75, 3.05) is 67.6 Å². The first-order chi connectivity index (χ1) is 18.4. The average molecular weight is 519 g/mol. The van der Waals surface area contributed by atoms with Crippen molar-refractivity contribution in [3.8, 4) is 11.5 Å². The fraction of sp³-hybridized carbons (Fsp3) is 0.452. The molecule has 0 saturated carbocycles. The van der Waals surface area contributed by atoms with Crippen molar-refractivity contribution in [1.82, 2.24) is 19.3 Å². The topological polar surface area (TPSA) is 50.2 Å². The zero-order valence-electron chi connectivity index (χ0n) is 23.6. The number of benzene rings is 2. The molecule has 0 atom stereocenters. The predicted octanol–water partition coefficient (Wildman–Crippen LogP) is 4.32. The Balaban J connectivity index is 1.38. The lowest BCUT2D eigenvalue weighted by molar-refractivity contribution is -0.127. The molecule has 38 heavy (non-hydrogen) atoms. The first-order valence-electron chi connectivity index (χ1n) is 13.5. The molecular formula is C31H42N4O3. The van der Waals surface area contributed by atoms with Crippen LogP contribution in [0.25, 0.3) is 17.0 Å². The molecular weight excluding hydrogens is 476 g/mol. The van der Waals surface area contributed by atoms with Crippen LogP contribution < -0.4 is 9.47 Å². The predicted molar refractivity (Wildman–Crippen MR) is 155 cm³/mol. The SMILES string of the molecule is COc1ccc(CCN2CCN(C(=O)C=Cc3c(C)n(CCCN(C)C)c4ccc(OC)cc34)CC2)cc1. The van der Waals surface area contributed by atoms with Crippen molar-refractivity contribution in [2.45, 2.75) is 26.3 Å². The first-order valence-corrected chi connectivity index (χ1v) is 13.5. The summed E-state index contributed by atoms with van der Waals surface area (Å²) >= 11 is 0. The van der Waals surface area contributed by atoms with Gasteiger partial charge in [0.1, 0.15) is 11.5 Å². The number of methoxy groups -OCH3 is 2. The van der Waals surface area contributed by atoms with Gasteiger partial charge >= 0.3 is 0 Å². The van der Waals surface area contributed by atoms with E-state index in [1.165, 1.54) is 16.8 Å². The van der Waals surface area contributed by atoms with Crippen LogP contribution in [0.5, 0.6) is 11.5 Å². The minimum absolute atomic E-state index is 0.0793. The number of carbonyl (C=O) groups is 1. The number of rotatable bonds is 11. The molecule has 4 rings (SSSR count). The number of hydrogen-bond acceptors (Lipinski definition) is 5. The molecule has 7 nitrogen and oxygen atoms in total. The molecule has 0 aliphatic carbocycles. The number of hydrogen-bond donors (Lipinski definition) is 0. The van der Waals surface area contributed by atoms with E-state index in [4.69, 9.17) is 9.47 Å². The Labute approximate surface area is 227 Å². The van der Waals surface area contributed by atoms with E-state index >= 15 is 0 Å². The number of piperazine rings is 1. The van der Waals surface area contributed by atoms with E-state index in [-0.39, 0.29) is 5.91 Å². The average Bonchev–Trinajstić information content (AvgIpc) is 3.20. The third kappa shape index (κ3) is 6.77. The van der Waals surface area contributed by atoms with Crippen LogP contribution in [-0.4, -0.2) is 92.8 Å². The summed E-state index contributed by atoms with van der Waals surface area (Å²) in [5, 5.41) is 1.12. The van der Waals surface area contributed by atoms with Gasteiger partial charge in [-0.1, -0.05) is 12.1 Å². The van der Waals surface area contributed by atoms with Crippen molar-refractivity contribution >= 4 is 22.9 Å². The zero-order chi connectivity index (χ0) is 27.1. The standard InChI is InChI=1S/C31H42N4O3/c1-24-28(29-23-27(38-5)11-13-30(29)35(24)17-6-16-32(2)3)12-14-31(36)34-21-19-33(20-22-34)18-15-25-7-9-26(37-4)10-8-25/h7-14,23H,6,15-22H2,1-5H3. The summed E-state index contributed by atoms with van der Waals surface area (Å²) in [5.74, 6) is 1.79. The second kappa shape index (κ2) is 13.0. The first kappa shape index (κ1) is 27.7. The van der Waals surface area contributed by atoms with Gasteiger partial charge in [-0.05, 0) is 82.4 Å². The van der Waals surface area contributed by atoms with E-state index in [1.54, 1.807) is 20.3 Å². The molecule has 1 saturated heterocycles. The highest BCUT2D eigenvalue weighted by Crippen LogP contribution is 2.31. The Morgan fingerprint density at radius 2 is 1.63 bits per heavy atom. The summed E-state index contributed by atoms with van der Waals surface area (Å²) in [6.45, 7) is 8.43. The highest BCUT2D eigenvalue weighted by molar-refractivity contribution is 5.98. The summed E-state index contributed by atoms with van der Waals surface area (Å²) in [6.07, 6.45) is 5.81. The van der Waals surface area contributed by atoms with Gasteiger partial charge in [-0.2, -0.15) is 0 Å². The maximum absolute atomic E-state index is 13.1. The van der Waals surface area contributed by atoms with Crippen LogP contribution in [0, 0.1) is 6.92 Å². The highest BCUT2D eigenvalue weighted by atomic mass is 16.5. The van der Waals surface area contributed by atoms with Gasteiger partial charge in [-0.3, -0.25) is 9.69 Å². The van der Waals surface area contributed by atoms with Gasteiger partial charge in [-0.15, -0.1) is 0 Å². The van der Waals surface area contributed by atoms with Crippen molar-refractivity contribution in [3.05, 3.63) is 65.4 Å². The molecule has 0 bridgehead atoms. The molecule has 2 heterocycles. The summed E-state index contributed by atoms with van der Waals surface area (Å²) in [7, 11) is 7.59. The molecule has 1 amide bonds. The molecule has 1 fully saturated rings. The summed E-state index contributed by atoms with van der Waals surface area (Å²) < 4.78 is 13.1. The van der Waals surface area contributed by atoms with Crippen molar-refractivity contribution in [2.24, 2.45) is 0 Å². The monoisotopic (exact) mass is 518 g/mol. The maximum atomic E-state index is 13.1. The fourth-order valence-corrected chi connectivity index (χ4v) is 5.19. The quantitative estimate of drug-likeness (QED) is 0.354. The number of fused-ring (bicyclic) bond motifs is 1. The van der Waals surface area contributed by atoms with E-state index in [2.05, 4.69) is 59.7 Å². The number of carbonyl (C=O) groups excluding carboxylic acids is 1. The smallest absolute Gasteiger partial charge is 0.246 e. The van der Waals surface area contributed by atoms with Crippen LogP contribution in [-0.2, 0) is 17.8 Å². The van der Waals surface area contributed by atoms with E-state index in [0.717, 1.165) is 81.1 Å². The summed E-state index contributed by atoms with van der Waals surface area (Å²) in [4.78, 5) is 19.7. The molecule has 2 aromatic carbocycles. The van der Waals surface area contributed by atoms with Gasteiger partial charge in [-0.25, -0.2) is 0 Å². The molecule has 0 radical (unpaired) electrons. The second-order valence-electron chi connectivity index (χ2n) is 10.3. The Kier molecular flexibility index (Phi) is 9.48. The fourth-order valence-electron chi connectivity index (χ4n) is 5.19. The van der Waals surface area contributed by atoms with Crippen LogP contribution in [0.2, 0.25) is 0 Å². The van der Waals surface area contributed by atoms with Gasteiger partial charge in [0.15, 0.2) is 0 Å². The minimum atomic E-state index is 0.0793. The number of aromatic nitrogens is 1. The van der Waals surface area contributed by atoms with Gasteiger partial charge in [0.2, 0.25) is 5.91 Å². The Hall–Kier alpha value is -3.29. The van der Waals surface area contributed by atoms with E-state index in [1.807, 2.05) is 29.2 Å². The summed E-state index contributed by atoms with van der Waals surface area (Å²) in [6, 6.07) is 14.5. The Morgan fingerprint density at radius 3 is 2.29 bits per heavy atom. The lowest BCUT2D eigenvalue weighted by Gasteiger charge is -2.34. The molecule has 1 aliphatic rings. The highest BCUT2D eigenvalue weighted by Gasteiger charge is 2.20.